The molecule has 0 spiro atoms. The van der Waals surface area contributed by atoms with Crippen molar-refractivity contribution in [1.29, 1.82) is 0 Å². The standard InChI is InChI=1S/C13H12ClN3O2S/c1-16-9-15-6-10(16)7-17-8-13(20(14,18)19)11-4-2-3-5-12(11)17/h2-6,8-9H,7H2,1H3. The van der Waals surface area contributed by atoms with E-state index in [0.29, 0.717) is 11.9 Å². The van der Waals surface area contributed by atoms with Gasteiger partial charge in [0.2, 0.25) is 0 Å². The highest BCUT2D eigenvalue weighted by atomic mass is 35.7. The summed E-state index contributed by atoms with van der Waals surface area (Å²) in [6, 6.07) is 7.29. The number of para-hydroxylation sites is 1. The van der Waals surface area contributed by atoms with Crippen LogP contribution in [0.4, 0.5) is 0 Å². The number of hydrogen-bond acceptors (Lipinski definition) is 3. The van der Waals surface area contributed by atoms with E-state index in [1.54, 1.807) is 30.9 Å². The molecule has 3 rings (SSSR count). The van der Waals surface area contributed by atoms with Gasteiger partial charge in [0, 0.05) is 41.0 Å². The Kier molecular flexibility index (Phi) is 3.07. The summed E-state index contributed by atoms with van der Waals surface area (Å²) in [7, 11) is 3.63. The van der Waals surface area contributed by atoms with Crippen LogP contribution in [0, 0.1) is 0 Å². The fourth-order valence-corrected chi connectivity index (χ4v) is 3.31. The van der Waals surface area contributed by atoms with Crippen LogP contribution in [0.5, 0.6) is 0 Å². The van der Waals surface area contributed by atoms with E-state index in [9.17, 15) is 8.42 Å². The van der Waals surface area contributed by atoms with Crippen molar-refractivity contribution in [2.45, 2.75) is 11.4 Å². The Bertz CT molecular complexity index is 880. The van der Waals surface area contributed by atoms with Gasteiger partial charge in [-0.3, -0.25) is 0 Å². The molecule has 0 aliphatic carbocycles. The lowest BCUT2D eigenvalue weighted by Gasteiger charge is -2.05. The summed E-state index contributed by atoms with van der Waals surface area (Å²) in [6.45, 7) is 0.531. The van der Waals surface area contributed by atoms with Gasteiger partial charge in [0.25, 0.3) is 9.05 Å². The molecule has 0 saturated carbocycles. The molecule has 2 heterocycles. The molecular weight excluding hydrogens is 298 g/mol. The SMILES string of the molecule is Cn1cncc1Cn1cc(S(=O)(=O)Cl)c2ccccc21. The van der Waals surface area contributed by atoms with E-state index in [1.807, 2.05) is 28.3 Å². The summed E-state index contributed by atoms with van der Waals surface area (Å²) < 4.78 is 27.1. The molecule has 0 saturated heterocycles. The van der Waals surface area contributed by atoms with E-state index in [4.69, 9.17) is 10.7 Å². The van der Waals surface area contributed by atoms with Crippen molar-refractivity contribution < 1.29 is 8.42 Å². The second-order valence-electron chi connectivity index (χ2n) is 4.57. The lowest BCUT2D eigenvalue weighted by molar-refractivity contribution is 0.609. The molecule has 0 atom stereocenters. The number of nitrogens with zero attached hydrogens (tertiary/aromatic N) is 3. The Labute approximate surface area is 120 Å². The van der Waals surface area contributed by atoms with Gasteiger partial charge in [0.15, 0.2) is 0 Å². The minimum Gasteiger partial charge on any atom is -0.340 e. The average molecular weight is 310 g/mol. The lowest BCUT2D eigenvalue weighted by Crippen LogP contribution is -2.02. The number of aryl methyl sites for hydroxylation is 1. The molecule has 5 nitrogen and oxygen atoms in total. The molecule has 0 N–H and O–H groups in total. The molecule has 0 amide bonds. The van der Waals surface area contributed by atoms with E-state index in [0.717, 1.165) is 11.2 Å². The predicted octanol–water partition coefficient (Wildman–Crippen LogP) is 2.35. The zero-order valence-corrected chi connectivity index (χ0v) is 12.3. The summed E-state index contributed by atoms with van der Waals surface area (Å²) >= 11 is 0. The Morgan fingerprint density at radius 1 is 1.30 bits per heavy atom. The van der Waals surface area contributed by atoms with Crippen LogP contribution >= 0.6 is 10.7 Å². The largest absolute Gasteiger partial charge is 0.340 e. The van der Waals surface area contributed by atoms with Gasteiger partial charge in [0.05, 0.1) is 18.6 Å². The van der Waals surface area contributed by atoms with Crippen LogP contribution in [0.15, 0.2) is 47.9 Å². The highest BCUT2D eigenvalue weighted by molar-refractivity contribution is 8.14. The minimum absolute atomic E-state index is 0.136. The van der Waals surface area contributed by atoms with Gasteiger partial charge < -0.3 is 9.13 Å². The summed E-state index contributed by atoms with van der Waals surface area (Å²) in [4.78, 5) is 4.19. The molecule has 0 radical (unpaired) electrons. The number of halogens is 1. The van der Waals surface area contributed by atoms with Crippen LogP contribution in [0.3, 0.4) is 0 Å². The van der Waals surface area contributed by atoms with Gasteiger partial charge in [-0.2, -0.15) is 0 Å². The van der Waals surface area contributed by atoms with Crippen LogP contribution in [-0.4, -0.2) is 22.5 Å². The molecule has 1 aromatic carbocycles. The van der Waals surface area contributed by atoms with Crippen molar-refractivity contribution >= 4 is 30.6 Å². The van der Waals surface area contributed by atoms with Gasteiger partial charge in [-0.1, -0.05) is 18.2 Å². The van der Waals surface area contributed by atoms with Crippen LogP contribution in [0.2, 0.25) is 0 Å². The highest BCUT2D eigenvalue weighted by Gasteiger charge is 2.18. The van der Waals surface area contributed by atoms with Crippen molar-refractivity contribution in [3.05, 3.63) is 48.7 Å². The van der Waals surface area contributed by atoms with E-state index in [-0.39, 0.29) is 4.90 Å². The normalized spacial score (nSPS) is 12.1. The van der Waals surface area contributed by atoms with Crippen molar-refractivity contribution in [3.63, 3.8) is 0 Å². The van der Waals surface area contributed by atoms with Gasteiger partial charge in [-0.05, 0) is 6.07 Å². The maximum atomic E-state index is 11.7. The molecule has 2 aromatic heterocycles. The molecule has 0 bridgehead atoms. The molecule has 7 heteroatoms. The monoisotopic (exact) mass is 309 g/mol. The first-order valence-corrected chi connectivity index (χ1v) is 8.25. The highest BCUT2D eigenvalue weighted by Crippen LogP contribution is 2.28. The zero-order valence-electron chi connectivity index (χ0n) is 10.7. The maximum absolute atomic E-state index is 11.7. The molecule has 3 aromatic rings. The Balaban J connectivity index is 2.19. The molecule has 0 aliphatic rings. The van der Waals surface area contributed by atoms with Crippen molar-refractivity contribution in [2.75, 3.05) is 0 Å². The predicted molar refractivity (Wildman–Crippen MR) is 77.3 cm³/mol. The van der Waals surface area contributed by atoms with Gasteiger partial charge in [-0.15, -0.1) is 0 Å². The van der Waals surface area contributed by atoms with Crippen LogP contribution in [0.25, 0.3) is 10.9 Å². The van der Waals surface area contributed by atoms with Crippen molar-refractivity contribution in [3.8, 4) is 0 Å². The quantitative estimate of drug-likeness (QED) is 0.698. The summed E-state index contributed by atoms with van der Waals surface area (Å²) in [5.74, 6) is 0. The van der Waals surface area contributed by atoms with Crippen molar-refractivity contribution in [2.24, 2.45) is 7.05 Å². The van der Waals surface area contributed by atoms with E-state index >= 15 is 0 Å². The van der Waals surface area contributed by atoms with Gasteiger partial charge in [0.1, 0.15) is 4.90 Å². The van der Waals surface area contributed by atoms with Crippen LogP contribution in [-0.2, 0) is 22.6 Å². The Hall–Kier alpha value is -1.79. The second-order valence-corrected chi connectivity index (χ2v) is 7.11. The van der Waals surface area contributed by atoms with Crippen LogP contribution in [0.1, 0.15) is 5.69 Å². The number of aromatic nitrogens is 3. The third-order valence-corrected chi connectivity index (χ3v) is 4.61. The summed E-state index contributed by atoms with van der Waals surface area (Å²) in [6.07, 6.45) is 5.03. The molecule has 0 unspecified atom stereocenters. The molecule has 0 aliphatic heterocycles. The minimum atomic E-state index is -3.77. The zero-order chi connectivity index (χ0) is 14.3. The summed E-state index contributed by atoms with van der Waals surface area (Å²) in [5, 5.41) is 0.629. The number of rotatable bonds is 3. The summed E-state index contributed by atoms with van der Waals surface area (Å²) in [5.41, 5.74) is 1.80. The van der Waals surface area contributed by atoms with Crippen LogP contribution < -0.4 is 0 Å². The fraction of sp³-hybridized carbons (Fsp3) is 0.154. The van der Waals surface area contributed by atoms with E-state index in [1.165, 1.54) is 0 Å². The fourth-order valence-electron chi connectivity index (χ4n) is 2.25. The van der Waals surface area contributed by atoms with Gasteiger partial charge >= 0.3 is 0 Å². The average Bonchev–Trinajstić information content (AvgIpc) is 2.95. The van der Waals surface area contributed by atoms with E-state index < -0.39 is 9.05 Å². The maximum Gasteiger partial charge on any atom is 0.263 e. The number of imidazole rings is 1. The Morgan fingerprint density at radius 2 is 2.05 bits per heavy atom. The first-order chi connectivity index (χ1) is 9.47. The molecule has 104 valence electrons. The Morgan fingerprint density at radius 3 is 2.70 bits per heavy atom. The molecular formula is C13H12ClN3O2S. The third-order valence-electron chi connectivity index (χ3n) is 3.26. The van der Waals surface area contributed by atoms with Crippen molar-refractivity contribution in [1.82, 2.24) is 14.1 Å². The lowest BCUT2D eigenvalue weighted by atomic mass is 10.2. The topological polar surface area (TPSA) is 56.9 Å². The smallest absolute Gasteiger partial charge is 0.263 e. The number of hydrogen-bond donors (Lipinski definition) is 0. The molecule has 0 fully saturated rings. The second kappa shape index (κ2) is 4.64. The van der Waals surface area contributed by atoms with Gasteiger partial charge in [-0.25, -0.2) is 13.4 Å². The molecule has 20 heavy (non-hydrogen) atoms. The number of fused-ring (bicyclic) bond motifs is 1. The van der Waals surface area contributed by atoms with E-state index in [2.05, 4.69) is 4.98 Å². The third kappa shape index (κ3) is 2.21. The first-order valence-electron chi connectivity index (χ1n) is 5.94. The number of benzene rings is 1. The first kappa shape index (κ1) is 13.2.